The van der Waals surface area contributed by atoms with Crippen molar-refractivity contribution in [1.82, 2.24) is 15.1 Å². The first-order valence-electron chi connectivity index (χ1n) is 5.96. The van der Waals surface area contributed by atoms with E-state index in [0.717, 1.165) is 17.8 Å². The summed E-state index contributed by atoms with van der Waals surface area (Å²) < 4.78 is 1.82. The van der Waals surface area contributed by atoms with Crippen molar-refractivity contribution < 1.29 is 0 Å². The summed E-state index contributed by atoms with van der Waals surface area (Å²) in [5.41, 5.74) is 2.77. The summed E-state index contributed by atoms with van der Waals surface area (Å²) in [4.78, 5) is 0. The van der Waals surface area contributed by atoms with Crippen molar-refractivity contribution in [1.29, 1.82) is 5.26 Å². The number of nitrogens with zero attached hydrogens (tertiary/aromatic N) is 3. The van der Waals surface area contributed by atoms with Gasteiger partial charge in [0.05, 0.1) is 23.5 Å². The molecule has 0 saturated heterocycles. The Morgan fingerprint density at radius 3 is 2.67 bits per heavy atom. The van der Waals surface area contributed by atoms with Crippen molar-refractivity contribution in [2.24, 2.45) is 0 Å². The van der Waals surface area contributed by atoms with Gasteiger partial charge >= 0.3 is 0 Å². The Bertz CT molecular complexity index is 546. The second-order valence-corrected chi connectivity index (χ2v) is 4.49. The number of benzene rings is 1. The summed E-state index contributed by atoms with van der Waals surface area (Å²) >= 11 is 0. The standard InChI is InChI=1S/C14H16N4/c1-11(2)16-8-13-9-17-18(10-13)14-5-3-12(7-15)4-6-14/h3-6,9-11,16H,8H2,1-2H3. The van der Waals surface area contributed by atoms with E-state index in [4.69, 9.17) is 5.26 Å². The van der Waals surface area contributed by atoms with Gasteiger partial charge in [-0.1, -0.05) is 13.8 Å². The van der Waals surface area contributed by atoms with Gasteiger partial charge < -0.3 is 5.32 Å². The third-order valence-electron chi connectivity index (χ3n) is 2.61. The molecule has 0 unspecified atom stereocenters. The fourth-order valence-corrected chi connectivity index (χ4v) is 1.60. The Hall–Kier alpha value is -2.12. The average molecular weight is 240 g/mol. The summed E-state index contributed by atoms with van der Waals surface area (Å²) in [6, 6.07) is 9.94. The summed E-state index contributed by atoms with van der Waals surface area (Å²) in [5.74, 6) is 0. The molecular formula is C14H16N4. The van der Waals surface area contributed by atoms with Gasteiger partial charge in [-0.25, -0.2) is 4.68 Å². The van der Waals surface area contributed by atoms with Crippen LogP contribution in [0, 0.1) is 11.3 Å². The van der Waals surface area contributed by atoms with E-state index in [-0.39, 0.29) is 0 Å². The van der Waals surface area contributed by atoms with Crippen molar-refractivity contribution in [2.45, 2.75) is 26.4 Å². The van der Waals surface area contributed by atoms with Gasteiger partial charge in [-0.2, -0.15) is 10.4 Å². The van der Waals surface area contributed by atoms with Gasteiger partial charge in [-0.3, -0.25) is 0 Å². The average Bonchev–Trinajstić information content (AvgIpc) is 2.85. The molecule has 1 heterocycles. The van der Waals surface area contributed by atoms with E-state index in [9.17, 15) is 0 Å². The zero-order chi connectivity index (χ0) is 13.0. The monoisotopic (exact) mass is 240 g/mol. The van der Waals surface area contributed by atoms with Gasteiger partial charge in [0.15, 0.2) is 0 Å². The molecule has 0 aliphatic carbocycles. The number of aromatic nitrogens is 2. The molecule has 4 nitrogen and oxygen atoms in total. The first kappa shape index (κ1) is 12.3. The largest absolute Gasteiger partial charge is 0.310 e. The van der Waals surface area contributed by atoms with E-state index in [1.54, 1.807) is 12.1 Å². The predicted molar refractivity (Wildman–Crippen MR) is 70.3 cm³/mol. The first-order valence-corrected chi connectivity index (χ1v) is 5.96. The molecule has 18 heavy (non-hydrogen) atoms. The molecule has 0 amide bonds. The van der Waals surface area contributed by atoms with Crippen LogP contribution in [-0.4, -0.2) is 15.8 Å². The Morgan fingerprint density at radius 2 is 2.06 bits per heavy atom. The van der Waals surface area contributed by atoms with Crippen LogP contribution in [0.5, 0.6) is 0 Å². The fraction of sp³-hybridized carbons (Fsp3) is 0.286. The van der Waals surface area contributed by atoms with E-state index in [1.807, 2.05) is 29.2 Å². The second kappa shape index (κ2) is 5.48. The van der Waals surface area contributed by atoms with Gasteiger partial charge in [0.1, 0.15) is 0 Å². The topological polar surface area (TPSA) is 53.6 Å². The van der Waals surface area contributed by atoms with Crippen molar-refractivity contribution in [2.75, 3.05) is 0 Å². The Labute approximate surface area is 107 Å². The van der Waals surface area contributed by atoms with Crippen LogP contribution in [0.2, 0.25) is 0 Å². The van der Waals surface area contributed by atoms with Gasteiger partial charge in [0.2, 0.25) is 0 Å². The molecule has 0 fully saturated rings. The maximum Gasteiger partial charge on any atom is 0.0991 e. The molecule has 4 heteroatoms. The van der Waals surface area contributed by atoms with Gasteiger partial charge in [0.25, 0.3) is 0 Å². The van der Waals surface area contributed by atoms with Crippen LogP contribution < -0.4 is 5.32 Å². The highest BCUT2D eigenvalue weighted by Crippen LogP contribution is 2.09. The summed E-state index contributed by atoms with van der Waals surface area (Å²) in [5, 5.41) is 16.4. The molecule has 1 aromatic carbocycles. The van der Waals surface area contributed by atoms with Gasteiger partial charge in [-0.05, 0) is 24.3 Å². The van der Waals surface area contributed by atoms with Crippen LogP contribution in [0.3, 0.4) is 0 Å². The van der Waals surface area contributed by atoms with Crippen LogP contribution >= 0.6 is 0 Å². The predicted octanol–water partition coefficient (Wildman–Crippen LogP) is 2.24. The molecule has 0 spiro atoms. The fourth-order valence-electron chi connectivity index (χ4n) is 1.60. The quantitative estimate of drug-likeness (QED) is 0.891. The van der Waals surface area contributed by atoms with E-state index in [0.29, 0.717) is 11.6 Å². The zero-order valence-electron chi connectivity index (χ0n) is 10.6. The lowest BCUT2D eigenvalue weighted by atomic mass is 10.2. The zero-order valence-corrected chi connectivity index (χ0v) is 10.6. The molecule has 2 aromatic rings. The van der Waals surface area contributed by atoms with Crippen molar-refractivity contribution >= 4 is 0 Å². The molecule has 0 aliphatic heterocycles. The lowest BCUT2D eigenvalue weighted by molar-refractivity contribution is 0.589. The van der Waals surface area contributed by atoms with Crippen LogP contribution in [0.1, 0.15) is 25.0 Å². The second-order valence-electron chi connectivity index (χ2n) is 4.49. The minimum absolute atomic E-state index is 0.461. The Kier molecular flexibility index (Phi) is 3.75. The minimum atomic E-state index is 0.461. The van der Waals surface area contributed by atoms with Crippen molar-refractivity contribution in [3.63, 3.8) is 0 Å². The maximum absolute atomic E-state index is 8.74. The van der Waals surface area contributed by atoms with Crippen LogP contribution in [0.25, 0.3) is 5.69 Å². The highest BCUT2D eigenvalue weighted by molar-refractivity contribution is 5.39. The smallest absolute Gasteiger partial charge is 0.0991 e. The molecule has 0 radical (unpaired) electrons. The Balaban J connectivity index is 2.11. The summed E-state index contributed by atoms with van der Waals surface area (Å²) in [6.07, 6.45) is 3.85. The minimum Gasteiger partial charge on any atom is -0.310 e. The molecule has 2 rings (SSSR count). The van der Waals surface area contributed by atoms with E-state index >= 15 is 0 Å². The SMILES string of the molecule is CC(C)NCc1cnn(-c2ccc(C#N)cc2)c1. The lowest BCUT2D eigenvalue weighted by Gasteiger charge is -2.05. The first-order chi connectivity index (χ1) is 8.69. The highest BCUT2D eigenvalue weighted by Gasteiger charge is 2.02. The molecule has 1 N–H and O–H groups in total. The van der Waals surface area contributed by atoms with E-state index in [2.05, 4.69) is 30.3 Å². The molecule has 0 saturated carbocycles. The number of nitrogens with one attached hydrogen (secondary N) is 1. The summed E-state index contributed by atoms with van der Waals surface area (Å²) in [6.45, 7) is 5.05. The van der Waals surface area contributed by atoms with E-state index in [1.165, 1.54) is 0 Å². The van der Waals surface area contributed by atoms with Gasteiger partial charge in [0, 0.05) is 24.3 Å². The molecule has 0 aliphatic rings. The third-order valence-corrected chi connectivity index (χ3v) is 2.61. The summed E-state index contributed by atoms with van der Waals surface area (Å²) in [7, 11) is 0. The normalized spacial score (nSPS) is 10.6. The van der Waals surface area contributed by atoms with Crippen LogP contribution in [0.4, 0.5) is 0 Å². The number of hydrogen-bond acceptors (Lipinski definition) is 3. The van der Waals surface area contributed by atoms with Crippen molar-refractivity contribution in [3.8, 4) is 11.8 Å². The number of rotatable bonds is 4. The van der Waals surface area contributed by atoms with Crippen LogP contribution in [-0.2, 0) is 6.54 Å². The van der Waals surface area contributed by atoms with Gasteiger partial charge in [-0.15, -0.1) is 0 Å². The molecule has 0 atom stereocenters. The molecule has 92 valence electrons. The molecular weight excluding hydrogens is 224 g/mol. The van der Waals surface area contributed by atoms with E-state index < -0.39 is 0 Å². The number of nitriles is 1. The third kappa shape index (κ3) is 2.96. The number of hydrogen-bond donors (Lipinski definition) is 1. The van der Waals surface area contributed by atoms with Crippen LogP contribution in [0.15, 0.2) is 36.7 Å². The maximum atomic E-state index is 8.74. The lowest BCUT2D eigenvalue weighted by Crippen LogP contribution is -2.21. The Morgan fingerprint density at radius 1 is 1.33 bits per heavy atom. The highest BCUT2D eigenvalue weighted by atomic mass is 15.3. The molecule has 0 bridgehead atoms. The molecule has 1 aromatic heterocycles. The van der Waals surface area contributed by atoms with Crippen molar-refractivity contribution in [3.05, 3.63) is 47.8 Å².